The van der Waals surface area contributed by atoms with Gasteiger partial charge in [-0.2, -0.15) is 0 Å². The predicted octanol–water partition coefficient (Wildman–Crippen LogP) is 2.22. The summed E-state index contributed by atoms with van der Waals surface area (Å²) in [7, 11) is 1.79. The number of hydrogen-bond acceptors (Lipinski definition) is 3. The van der Waals surface area contributed by atoms with E-state index in [1.54, 1.807) is 7.05 Å². The van der Waals surface area contributed by atoms with Crippen LogP contribution in [0, 0.1) is 0 Å². The van der Waals surface area contributed by atoms with Crippen molar-refractivity contribution in [3.05, 3.63) is 35.9 Å². The van der Waals surface area contributed by atoms with Crippen molar-refractivity contribution in [3.8, 4) is 0 Å². The number of benzene rings is 1. The first-order chi connectivity index (χ1) is 12.8. The largest absolute Gasteiger partial charge is 0.355 e. The third-order valence-electron chi connectivity index (χ3n) is 5.36. The number of nitrogens with zero attached hydrogens (tertiary/aromatic N) is 2. The lowest BCUT2D eigenvalue weighted by Gasteiger charge is -2.24. The smallest absolute Gasteiger partial charge is 0.251 e. The van der Waals surface area contributed by atoms with Crippen molar-refractivity contribution in [2.24, 2.45) is 4.99 Å². The molecule has 1 aliphatic carbocycles. The van der Waals surface area contributed by atoms with Crippen molar-refractivity contribution in [2.75, 3.05) is 33.2 Å². The molecular weight excluding hydrogens is 453 g/mol. The number of guanidine groups is 1. The molecule has 2 aliphatic rings. The van der Waals surface area contributed by atoms with Gasteiger partial charge in [0.2, 0.25) is 0 Å². The van der Waals surface area contributed by atoms with Crippen LogP contribution in [0.3, 0.4) is 0 Å². The number of amides is 1. The summed E-state index contributed by atoms with van der Waals surface area (Å²) in [6.07, 6.45) is 6.66. The Hall–Kier alpha value is -1.35. The van der Waals surface area contributed by atoms with Crippen molar-refractivity contribution < 1.29 is 4.79 Å². The van der Waals surface area contributed by atoms with Gasteiger partial charge in [-0.3, -0.25) is 14.7 Å². The minimum Gasteiger partial charge on any atom is -0.355 e. The van der Waals surface area contributed by atoms with Crippen molar-refractivity contribution in [2.45, 2.75) is 44.2 Å². The van der Waals surface area contributed by atoms with Crippen LogP contribution >= 0.6 is 24.0 Å². The summed E-state index contributed by atoms with van der Waals surface area (Å²) < 4.78 is 0. The fourth-order valence-corrected chi connectivity index (χ4v) is 3.94. The van der Waals surface area contributed by atoms with E-state index in [1.165, 1.54) is 38.6 Å². The summed E-state index contributed by atoms with van der Waals surface area (Å²) in [6.45, 7) is 3.51. The number of hydrogen-bond donors (Lipinski definition) is 3. The maximum absolute atomic E-state index is 12.0. The van der Waals surface area contributed by atoms with Gasteiger partial charge in [-0.15, -0.1) is 24.0 Å². The molecule has 1 atom stereocenters. The number of aliphatic imine (C=N–C) groups is 1. The molecule has 6 nitrogen and oxygen atoms in total. The fraction of sp³-hybridized carbons (Fsp3) is 0.600. The van der Waals surface area contributed by atoms with Crippen LogP contribution < -0.4 is 16.0 Å². The van der Waals surface area contributed by atoms with Crippen LogP contribution in [0.4, 0.5) is 0 Å². The predicted molar refractivity (Wildman–Crippen MR) is 121 cm³/mol. The number of carbonyl (C=O) groups excluding carboxylic acids is 1. The number of rotatable bonds is 6. The molecule has 0 radical (unpaired) electrons. The van der Waals surface area contributed by atoms with E-state index in [0.717, 1.165) is 18.5 Å². The van der Waals surface area contributed by atoms with E-state index in [9.17, 15) is 4.79 Å². The normalized spacial score (nSPS) is 20.9. The van der Waals surface area contributed by atoms with Crippen molar-refractivity contribution in [3.63, 3.8) is 0 Å². The molecule has 1 saturated heterocycles. The van der Waals surface area contributed by atoms with Gasteiger partial charge in [-0.1, -0.05) is 31.0 Å². The second-order valence-corrected chi connectivity index (χ2v) is 7.18. The van der Waals surface area contributed by atoms with E-state index < -0.39 is 0 Å². The molecule has 2 fully saturated rings. The Balaban J connectivity index is 0.00000261. The third-order valence-corrected chi connectivity index (χ3v) is 5.36. The molecule has 3 rings (SSSR count). The summed E-state index contributed by atoms with van der Waals surface area (Å²) in [5.41, 5.74) is 0.688. The molecule has 3 N–H and O–H groups in total. The molecule has 1 aliphatic heterocycles. The Morgan fingerprint density at radius 2 is 1.81 bits per heavy atom. The van der Waals surface area contributed by atoms with Crippen LogP contribution in [0.25, 0.3) is 0 Å². The van der Waals surface area contributed by atoms with E-state index in [2.05, 4.69) is 25.8 Å². The lowest BCUT2D eigenvalue weighted by Crippen LogP contribution is -2.47. The number of carbonyl (C=O) groups is 1. The molecule has 1 aromatic rings. The Morgan fingerprint density at radius 1 is 1.11 bits per heavy atom. The highest BCUT2D eigenvalue weighted by molar-refractivity contribution is 14.0. The van der Waals surface area contributed by atoms with Crippen LogP contribution in [-0.2, 0) is 0 Å². The minimum absolute atomic E-state index is 0. The van der Waals surface area contributed by atoms with Gasteiger partial charge in [0.15, 0.2) is 5.96 Å². The first kappa shape index (κ1) is 21.9. The zero-order valence-electron chi connectivity index (χ0n) is 16.1. The summed E-state index contributed by atoms with van der Waals surface area (Å²) in [5, 5.41) is 9.74. The highest BCUT2D eigenvalue weighted by atomic mass is 127. The van der Waals surface area contributed by atoms with Crippen molar-refractivity contribution in [1.82, 2.24) is 20.9 Å². The topological polar surface area (TPSA) is 68.8 Å². The van der Waals surface area contributed by atoms with Crippen molar-refractivity contribution in [1.29, 1.82) is 0 Å². The second kappa shape index (κ2) is 11.5. The Morgan fingerprint density at radius 3 is 2.52 bits per heavy atom. The van der Waals surface area contributed by atoms with Crippen LogP contribution in [0.15, 0.2) is 35.3 Å². The zero-order chi connectivity index (χ0) is 18.2. The van der Waals surface area contributed by atoms with Gasteiger partial charge in [-0.25, -0.2) is 0 Å². The van der Waals surface area contributed by atoms with Gasteiger partial charge in [0.1, 0.15) is 0 Å². The molecule has 1 heterocycles. The van der Waals surface area contributed by atoms with Gasteiger partial charge in [0.05, 0.1) is 0 Å². The quantitative estimate of drug-likeness (QED) is 0.250. The Labute approximate surface area is 179 Å². The van der Waals surface area contributed by atoms with Gasteiger partial charge in [-0.05, 0) is 31.4 Å². The highest BCUT2D eigenvalue weighted by Crippen LogP contribution is 2.26. The lowest BCUT2D eigenvalue weighted by molar-refractivity contribution is 0.0954. The number of halogens is 1. The fourth-order valence-electron chi connectivity index (χ4n) is 3.94. The molecular formula is C20H32IN5O. The van der Waals surface area contributed by atoms with Crippen LogP contribution in [0.2, 0.25) is 0 Å². The molecule has 27 heavy (non-hydrogen) atoms. The SMILES string of the molecule is CN=C(NCCNC(=O)c1ccccc1)NC1CCN(C2CCCC2)C1.I. The first-order valence-electron chi connectivity index (χ1n) is 9.81. The Kier molecular flexibility index (Phi) is 9.33. The lowest BCUT2D eigenvalue weighted by atomic mass is 10.2. The highest BCUT2D eigenvalue weighted by Gasteiger charge is 2.30. The van der Waals surface area contributed by atoms with E-state index in [4.69, 9.17) is 0 Å². The van der Waals surface area contributed by atoms with Gasteiger partial charge >= 0.3 is 0 Å². The molecule has 150 valence electrons. The average Bonchev–Trinajstić information content (AvgIpc) is 3.36. The van der Waals surface area contributed by atoms with Gasteiger partial charge in [0, 0.05) is 50.9 Å². The minimum atomic E-state index is -0.0432. The molecule has 0 spiro atoms. The van der Waals surface area contributed by atoms with Crippen LogP contribution in [0.1, 0.15) is 42.5 Å². The molecule has 1 unspecified atom stereocenters. The Bertz CT molecular complexity index is 604. The molecule has 1 amide bonds. The summed E-state index contributed by atoms with van der Waals surface area (Å²) in [6, 6.07) is 10.5. The number of nitrogens with one attached hydrogen (secondary N) is 3. The molecule has 0 bridgehead atoms. The summed E-state index contributed by atoms with van der Waals surface area (Å²) in [5.74, 6) is 0.774. The summed E-state index contributed by atoms with van der Waals surface area (Å²) >= 11 is 0. The maximum atomic E-state index is 12.0. The van der Waals surface area contributed by atoms with E-state index in [0.29, 0.717) is 24.7 Å². The maximum Gasteiger partial charge on any atom is 0.251 e. The summed E-state index contributed by atoms with van der Waals surface area (Å²) in [4.78, 5) is 19.0. The molecule has 1 aromatic carbocycles. The average molecular weight is 485 g/mol. The zero-order valence-corrected chi connectivity index (χ0v) is 18.4. The standard InChI is InChI=1S/C20H31N5O.HI/c1-21-20(23-13-12-22-19(26)16-7-3-2-4-8-16)24-17-11-14-25(15-17)18-9-5-6-10-18;/h2-4,7-8,17-18H,5-6,9-15H2,1H3,(H,22,26)(H2,21,23,24);1H. The van der Waals surface area contributed by atoms with Crippen LogP contribution in [0.5, 0.6) is 0 Å². The molecule has 1 saturated carbocycles. The van der Waals surface area contributed by atoms with E-state index in [1.807, 2.05) is 30.3 Å². The molecule has 7 heteroatoms. The number of likely N-dealkylation sites (tertiary alicyclic amines) is 1. The van der Waals surface area contributed by atoms with Gasteiger partial charge < -0.3 is 16.0 Å². The molecule has 0 aromatic heterocycles. The monoisotopic (exact) mass is 485 g/mol. The second-order valence-electron chi connectivity index (χ2n) is 7.18. The van der Waals surface area contributed by atoms with Gasteiger partial charge in [0.25, 0.3) is 5.91 Å². The third kappa shape index (κ3) is 6.64. The van der Waals surface area contributed by atoms with E-state index >= 15 is 0 Å². The van der Waals surface area contributed by atoms with Crippen molar-refractivity contribution >= 4 is 35.8 Å². The first-order valence-corrected chi connectivity index (χ1v) is 9.81. The van der Waals surface area contributed by atoms with E-state index in [-0.39, 0.29) is 29.9 Å². The van der Waals surface area contributed by atoms with Crippen LogP contribution in [-0.4, -0.2) is 62.1 Å².